The van der Waals surface area contributed by atoms with E-state index < -0.39 is 5.97 Å². The van der Waals surface area contributed by atoms with Gasteiger partial charge in [0, 0.05) is 12.7 Å². The molecule has 0 radical (unpaired) electrons. The van der Waals surface area contributed by atoms with Gasteiger partial charge < -0.3 is 9.67 Å². The molecule has 0 saturated carbocycles. The van der Waals surface area contributed by atoms with Crippen LogP contribution in [0.25, 0.3) is 0 Å². The summed E-state index contributed by atoms with van der Waals surface area (Å²) in [5.74, 6) is -1.38. The maximum absolute atomic E-state index is 12.9. The van der Waals surface area contributed by atoms with Gasteiger partial charge in [0.15, 0.2) is 5.69 Å². The Balaban J connectivity index is 0.00000144. The lowest BCUT2D eigenvalue weighted by Gasteiger charge is -2.01. The van der Waals surface area contributed by atoms with E-state index in [4.69, 9.17) is 5.11 Å². The number of rotatable bonds is 3. The Morgan fingerprint density at radius 3 is 2.82 bits per heavy atom. The van der Waals surface area contributed by atoms with E-state index in [2.05, 4.69) is 4.98 Å². The second-order valence-electron chi connectivity index (χ2n) is 3.37. The van der Waals surface area contributed by atoms with Crippen molar-refractivity contribution in [2.24, 2.45) is 0 Å². The minimum absolute atomic E-state index is 0. The van der Waals surface area contributed by atoms with Crippen molar-refractivity contribution in [3.8, 4) is 0 Å². The van der Waals surface area contributed by atoms with Gasteiger partial charge in [-0.2, -0.15) is 0 Å². The number of imidazole rings is 1. The minimum atomic E-state index is -1.07. The van der Waals surface area contributed by atoms with Crippen molar-refractivity contribution >= 4 is 18.4 Å². The highest BCUT2D eigenvalue weighted by Crippen LogP contribution is 2.06. The quantitative estimate of drug-likeness (QED) is 0.916. The van der Waals surface area contributed by atoms with Crippen LogP contribution in [0.4, 0.5) is 4.39 Å². The zero-order valence-corrected chi connectivity index (χ0v) is 9.52. The van der Waals surface area contributed by atoms with Gasteiger partial charge in [-0.3, -0.25) is 0 Å². The molecule has 0 spiro atoms. The zero-order valence-electron chi connectivity index (χ0n) is 8.71. The van der Waals surface area contributed by atoms with Gasteiger partial charge in [0.1, 0.15) is 5.82 Å². The molecular formula is C11H10ClFN2O2. The molecule has 90 valence electrons. The third-order valence-corrected chi connectivity index (χ3v) is 2.11. The zero-order chi connectivity index (χ0) is 11.5. The first kappa shape index (κ1) is 13.2. The summed E-state index contributed by atoms with van der Waals surface area (Å²) in [6.07, 6.45) is 2.82. The topological polar surface area (TPSA) is 55.1 Å². The van der Waals surface area contributed by atoms with E-state index in [1.54, 1.807) is 16.7 Å². The van der Waals surface area contributed by atoms with Crippen LogP contribution in [0, 0.1) is 5.82 Å². The Morgan fingerprint density at radius 1 is 1.47 bits per heavy atom. The van der Waals surface area contributed by atoms with E-state index in [9.17, 15) is 9.18 Å². The molecule has 6 heteroatoms. The van der Waals surface area contributed by atoms with Gasteiger partial charge in [0.25, 0.3) is 0 Å². The summed E-state index contributed by atoms with van der Waals surface area (Å²) in [6.45, 7) is 0.401. The van der Waals surface area contributed by atoms with E-state index >= 15 is 0 Å². The lowest BCUT2D eigenvalue weighted by Crippen LogP contribution is -1.98. The number of aromatic carboxylic acids is 1. The largest absolute Gasteiger partial charge is 0.476 e. The number of halogens is 2. The smallest absolute Gasteiger partial charge is 0.356 e. The van der Waals surface area contributed by atoms with E-state index in [1.807, 2.05) is 0 Å². The highest BCUT2D eigenvalue weighted by Gasteiger charge is 2.06. The molecule has 0 aliphatic carbocycles. The van der Waals surface area contributed by atoms with Crippen LogP contribution in [0.2, 0.25) is 0 Å². The van der Waals surface area contributed by atoms with Crippen molar-refractivity contribution in [1.82, 2.24) is 9.55 Å². The number of benzene rings is 1. The fourth-order valence-corrected chi connectivity index (χ4v) is 1.40. The molecule has 1 aromatic carbocycles. The lowest BCUT2D eigenvalue weighted by molar-refractivity contribution is 0.0691. The van der Waals surface area contributed by atoms with Crippen molar-refractivity contribution < 1.29 is 14.3 Å². The van der Waals surface area contributed by atoms with Crippen LogP contribution < -0.4 is 0 Å². The molecule has 2 aromatic rings. The molecule has 0 amide bonds. The fourth-order valence-electron chi connectivity index (χ4n) is 1.40. The highest BCUT2D eigenvalue weighted by molar-refractivity contribution is 5.85. The Hall–Kier alpha value is -1.88. The molecular weight excluding hydrogens is 247 g/mol. The summed E-state index contributed by atoms with van der Waals surface area (Å²) in [7, 11) is 0. The SMILES string of the molecule is Cl.O=C(O)c1cn(Cc2cccc(F)c2)cn1. The van der Waals surface area contributed by atoms with Crippen LogP contribution in [0.3, 0.4) is 0 Å². The van der Waals surface area contributed by atoms with Crippen molar-refractivity contribution in [3.05, 3.63) is 53.9 Å². The fraction of sp³-hybridized carbons (Fsp3) is 0.0909. The van der Waals surface area contributed by atoms with Gasteiger partial charge in [0.05, 0.1) is 6.33 Å². The van der Waals surface area contributed by atoms with Gasteiger partial charge in [-0.05, 0) is 17.7 Å². The minimum Gasteiger partial charge on any atom is -0.476 e. The van der Waals surface area contributed by atoms with Gasteiger partial charge in [-0.25, -0.2) is 14.2 Å². The van der Waals surface area contributed by atoms with Crippen LogP contribution >= 0.6 is 12.4 Å². The molecule has 17 heavy (non-hydrogen) atoms. The number of carboxylic acids is 1. The summed E-state index contributed by atoms with van der Waals surface area (Å²) >= 11 is 0. The molecule has 0 atom stereocenters. The molecule has 1 aromatic heterocycles. The first-order chi connectivity index (χ1) is 7.65. The van der Waals surface area contributed by atoms with E-state index in [1.165, 1.54) is 24.7 Å². The summed E-state index contributed by atoms with van der Waals surface area (Å²) in [6, 6.07) is 6.14. The van der Waals surface area contributed by atoms with Crippen LogP contribution in [0.1, 0.15) is 16.1 Å². The van der Waals surface area contributed by atoms with E-state index in [0.29, 0.717) is 6.54 Å². The Kier molecular flexibility index (Phi) is 4.23. The molecule has 0 fully saturated rings. The average molecular weight is 257 g/mol. The van der Waals surface area contributed by atoms with Crippen LogP contribution in [-0.2, 0) is 6.54 Å². The molecule has 1 heterocycles. The predicted molar refractivity (Wildman–Crippen MR) is 61.9 cm³/mol. The number of carbonyl (C=O) groups is 1. The van der Waals surface area contributed by atoms with Crippen LogP contribution in [-0.4, -0.2) is 20.6 Å². The molecule has 0 saturated heterocycles. The number of nitrogens with zero attached hydrogens (tertiary/aromatic N) is 2. The van der Waals surface area contributed by atoms with Crippen LogP contribution in [0.15, 0.2) is 36.8 Å². The summed E-state index contributed by atoms with van der Waals surface area (Å²) in [4.78, 5) is 14.3. The highest BCUT2D eigenvalue weighted by atomic mass is 35.5. The normalized spacial score (nSPS) is 9.71. The van der Waals surface area contributed by atoms with Gasteiger partial charge in [-0.15, -0.1) is 12.4 Å². The average Bonchev–Trinajstić information content (AvgIpc) is 2.66. The van der Waals surface area contributed by atoms with E-state index in [0.717, 1.165) is 5.56 Å². The molecule has 0 unspecified atom stereocenters. The van der Waals surface area contributed by atoms with E-state index in [-0.39, 0.29) is 23.9 Å². The number of aromatic nitrogens is 2. The van der Waals surface area contributed by atoms with Gasteiger partial charge in [0.2, 0.25) is 0 Å². The van der Waals surface area contributed by atoms with Crippen molar-refractivity contribution in [2.45, 2.75) is 6.54 Å². The molecule has 2 rings (SSSR count). The Labute approximate surface area is 103 Å². The van der Waals surface area contributed by atoms with Crippen molar-refractivity contribution in [2.75, 3.05) is 0 Å². The lowest BCUT2D eigenvalue weighted by atomic mass is 10.2. The molecule has 4 nitrogen and oxygen atoms in total. The number of hydrogen-bond donors (Lipinski definition) is 1. The second-order valence-corrected chi connectivity index (χ2v) is 3.37. The van der Waals surface area contributed by atoms with Crippen molar-refractivity contribution in [3.63, 3.8) is 0 Å². The monoisotopic (exact) mass is 256 g/mol. The first-order valence-electron chi connectivity index (χ1n) is 4.64. The summed E-state index contributed by atoms with van der Waals surface area (Å²) in [5, 5.41) is 8.67. The van der Waals surface area contributed by atoms with Gasteiger partial charge >= 0.3 is 5.97 Å². The summed E-state index contributed by atoms with van der Waals surface area (Å²) < 4.78 is 14.5. The molecule has 0 aliphatic heterocycles. The third kappa shape index (κ3) is 3.29. The first-order valence-corrected chi connectivity index (χ1v) is 4.64. The predicted octanol–water partition coefficient (Wildman–Crippen LogP) is 2.19. The Morgan fingerprint density at radius 2 is 2.24 bits per heavy atom. The van der Waals surface area contributed by atoms with Crippen LogP contribution in [0.5, 0.6) is 0 Å². The van der Waals surface area contributed by atoms with Gasteiger partial charge in [-0.1, -0.05) is 12.1 Å². The third-order valence-electron chi connectivity index (χ3n) is 2.11. The molecule has 0 bridgehead atoms. The maximum atomic E-state index is 12.9. The molecule has 1 N–H and O–H groups in total. The Bertz CT molecular complexity index is 528. The number of hydrogen-bond acceptors (Lipinski definition) is 2. The number of carboxylic acid groups (broad SMARTS) is 1. The second kappa shape index (κ2) is 5.45. The maximum Gasteiger partial charge on any atom is 0.356 e. The summed E-state index contributed by atoms with van der Waals surface area (Å²) in [5.41, 5.74) is 0.741. The standard InChI is InChI=1S/C11H9FN2O2.ClH/c12-9-3-1-2-8(4-9)5-14-6-10(11(15)16)13-7-14;/h1-4,6-7H,5H2,(H,15,16);1H. The molecule has 0 aliphatic rings. The van der Waals surface area contributed by atoms with Crippen molar-refractivity contribution in [1.29, 1.82) is 0 Å².